The van der Waals surface area contributed by atoms with Crippen LogP contribution in [0.1, 0.15) is 41.5 Å². The number of thioether (sulfide) groups is 1. The van der Waals surface area contributed by atoms with E-state index in [2.05, 4.69) is 22.0 Å². The number of piperazine rings is 2. The molecule has 9 N–H and O–H groups in total. The van der Waals surface area contributed by atoms with Gasteiger partial charge in [0.1, 0.15) is 15.5 Å². The Morgan fingerprint density at radius 2 is 1.03 bits per heavy atom. The number of nitrogens with one attached hydrogen (secondary N) is 1. The van der Waals surface area contributed by atoms with Crippen LogP contribution in [0.5, 0.6) is 0 Å². The van der Waals surface area contributed by atoms with Crippen molar-refractivity contribution >= 4 is 57.8 Å². The van der Waals surface area contributed by atoms with Gasteiger partial charge in [0.2, 0.25) is 0 Å². The van der Waals surface area contributed by atoms with Crippen molar-refractivity contribution in [3.63, 3.8) is 0 Å². The monoisotopic (exact) mass is 586 g/mol. The van der Waals surface area contributed by atoms with Crippen LogP contribution in [0.3, 0.4) is 0 Å². The Hall–Kier alpha value is -1.69. The van der Waals surface area contributed by atoms with Gasteiger partial charge in [-0.05, 0) is 60.0 Å². The smallest absolute Gasteiger partial charge is 0.410 e. The molecule has 0 saturated carbocycles. The van der Waals surface area contributed by atoms with Crippen molar-refractivity contribution in [3.05, 3.63) is 0 Å². The van der Waals surface area contributed by atoms with E-state index in [1.165, 1.54) is 0 Å². The first-order valence-corrected chi connectivity index (χ1v) is 13.6. The average molecular weight is 587 g/mol. The summed E-state index contributed by atoms with van der Waals surface area (Å²) in [6.45, 7) is 16.7. The second-order valence-electron chi connectivity index (χ2n) is 9.83. The van der Waals surface area contributed by atoms with Gasteiger partial charge in [-0.15, -0.1) is 11.8 Å². The van der Waals surface area contributed by atoms with Gasteiger partial charge in [0.05, 0.1) is 0 Å². The van der Waals surface area contributed by atoms with E-state index < -0.39 is 11.2 Å². The molecule has 0 bridgehead atoms. The van der Waals surface area contributed by atoms with Crippen LogP contribution in [-0.2, 0) is 9.47 Å². The number of rotatable bonds is 0. The first kappa shape index (κ1) is 37.5. The lowest BCUT2D eigenvalue weighted by Crippen LogP contribution is -2.54. The molecule has 0 unspecified atom stereocenters. The number of hydrogen-bond acceptors (Lipinski definition) is 10. The lowest BCUT2D eigenvalue weighted by molar-refractivity contribution is 0.0178. The quantitative estimate of drug-likeness (QED) is 0.174. The second-order valence-corrected chi connectivity index (χ2v) is 11.7. The van der Waals surface area contributed by atoms with Crippen LogP contribution >= 0.6 is 36.2 Å². The van der Waals surface area contributed by atoms with Crippen molar-refractivity contribution < 1.29 is 24.5 Å². The van der Waals surface area contributed by atoms with Crippen molar-refractivity contribution in [3.8, 4) is 0 Å². The van der Waals surface area contributed by atoms with Crippen molar-refractivity contribution in [2.45, 2.75) is 52.7 Å². The van der Waals surface area contributed by atoms with E-state index in [0.717, 1.165) is 17.4 Å². The summed E-state index contributed by atoms with van der Waals surface area (Å²) in [7, 11) is 0. The molecular weight excluding hydrogens is 540 g/mol. The highest BCUT2D eigenvalue weighted by Crippen LogP contribution is 2.14. The fraction of sp³-hybridized carbons (Fsp3) is 0.810. The SMILES string of the molecule is CC(C)(C)OC(=O)N1CCN(C(=S)NN)CC1.CSC(=S)N1CCN(C(=O)OC(C)(C)C)CC1.NN.O. The largest absolute Gasteiger partial charge is 0.444 e. The Labute approximate surface area is 235 Å². The predicted molar refractivity (Wildman–Crippen MR) is 157 cm³/mol. The minimum Gasteiger partial charge on any atom is -0.444 e. The van der Waals surface area contributed by atoms with Gasteiger partial charge in [0.15, 0.2) is 5.11 Å². The zero-order valence-corrected chi connectivity index (χ0v) is 25.5. The summed E-state index contributed by atoms with van der Waals surface area (Å²) in [5.74, 6) is 13.2. The first-order valence-electron chi connectivity index (χ1n) is 11.5. The molecule has 2 aliphatic rings. The molecule has 0 aromatic heterocycles. The Morgan fingerprint density at radius 3 is 1.30 bits per heavy atom. The van der Waals surface area contributed by atoms with E-state index in [4.69, 9.17) is 39.8 Å². The van der Waals surface area contributed by atoms with E-state index in [-0.39, 0.29) is 17.7 Å². The van der Waals surface area contributed by atoms with E-state index in [9.17, 15) is 9.59 Å². The molecule has 0 radical (unpaired) electrons. The summed E-state index contributed by atoms with van der Waals surface area (Å²) < 4.78 is 11.5. The molecule has 218 valence electrons. The predicted octanol–water partition coefficient (Wildman–Crippen LogP) is 0.468. The standard InChI is InChI=1S/C11H20N2O2S2.C10H20N4O2S.H4N2.H2O/c1-11(2,3)15-9(14)12-5-7-13(8-6-12)10(16)17-4;1-10(2,3)16-9(15)14-6-4-13(5-7-14)8(17)12-11;1-2;/h5-8H2,1-4H3;4-7,11H2,1-3H3,(H,12,17);1-2H2;1H2. The van der Waals surface area contributed by atoms with E-state index in [1.807, 2.05) is 52.7 Å². The lowest BCUT2D eigenvalue weighted by Gasteiger charge is -2.36. The molecule has 2 rings (SSSR count). The van der Waals surface area contributed by atoms with Gasteiger partial charge in [-0.3, -0.25) is 11.7 Å². The van der Waals surface area contributed by atoms with E-state index in [1.54, 1.807) is 21.6 Å². The molecular formula is C21H46N8O5S3. The zero-order chi connectivity index (χ0) is 28.1. The summed E-state index contributed by atoms with van der Waals surface area (Å²) in [6, 6.07) is 0. The molecule has 13 nitrogen and oxygen atoms in total. The Bertz CT molecular complexity index is 658. The van der Waals surface area contributed by atoms with Gasteiger partial charge in [-0.2, -0.15) is 0 Å². The number of amides is 2. The normalized spacial score (nSPS) is 15.6. The number of ether oxygens (including phenoxy) is 2. The number of carbonyl (C=O) groups is 2. The molecule has 2 saturated heterocycles. The van der Waals surface area contributed by atoms with Crippen LogP contribution in [0.2, 0.25) is 0 Å². The highest BCUT2D eigenvalue weighted by molar-refractivity contribution is 8.22. The Morgan fingerprint density at radius 1 is 0.730 bits per heavy atom. The topological polar surface area (TPSA) is 187 Å². The maximum Gasteiger partial charge on any atom is 0.410 e. The molecule has 0 aliphatic carbocycles. The molecule has 0 atom stereocenters. The molecule has 2 fully saturated rings. The van der Waals surface area contributed by atoms with Gasteiger partial charge in [-0.25, -0.2) is 15.4 Å². The number of carbonyl (C=O) groups excluding carboxylic acids is 2. The fourth-order valence-corrected chi connectivity index (χ4v) is 3.84. The van der Waals surface area contributed by atoms with Crippen molar-refractivity contribution in [2.75, 3.05) is 58.6 Å². The Balaban J connectivity index is 0. The van der Waals surface area contributed by atoms with Crippen LogP contribution in [-0.4, -0.2) is 117 Å². The molecule has 37 heavy (non-hydrogen) atoms. The van der Waals surface area contributed by atoms with Crippen LogP contribution in [0.25, 0.3) is 0 Å². The number of hydrogen-bond donors (Lipinski definition) is 4. The molecule has 16 heteroatoms. The lowest BCUT2D eigenvalue weighted by atomic mass is 10.2. The van der Waals surface area contributed by atoms with Crippen molar-refractivity contribution in [1.29, 1.82) is 0 Å². The van der Waals surface area contributed by atoms with E-state index in [0.29, 0.717) is 44.4 Å². The molecule has 0 spiro atoms. The van der Waals surface area contributed by atoms with Crippen LogP contribution in [0, 0.1) is 0 Å². The Kier molecular flexibility index (Phi) is 18.0. The van der Waals surface area contributed by atoms with Gasteiger partial charge in [0.25, 0.3) is 0 Å². The number of hydrazine groups is 2. The number of thiocarbonyl (C=S) groups is 2. The second kappa shape index (κ2) is 17.8. The molecule has 2 heterocycles. The van der Waals surface area contributed by atoms with Crippen molar-refractivity contribution in [2.24, 2.45) is 17.5 Å². The average Bonchev–Trinajstić information content (AvgIpc) is 2.82. The number of nitrogens with two attached hydrogens (primary N) is 3. The van der Waals surface area contributed by atoms with Crippen LogP contribution in [0.15, 0.2) is 0 Å². The summed E-state index contributed by atoms with van der Waals surface area (Å²) in [6.07, 6.45) is 1.47. The van der Waals surface area contributed by atoms with Gasteiger partial charge >= 0.3 is 12.2 Å². The van der Waals surface area contributed by atoms with Gasteiger partial charge in [-0.1, -0.05) is 12.2 Å². The maximum atomic E-state index is 11.8. The van der Waals surface area contributed by atoms with Crippen LogP contribution in [0.4, 0.5) is 9.59 Å². The zero-order valence-electron chi connectivity index (χ0n) is 23.0. The minimum atomic E-state index is -0.456. The summed E-state index contributed by atoms with van der Waals surface area (Å²) in [4.78, 5) is 31.1. The molecule has 2 amide bonds. The minimum absolute atomic E-state index is 0. The highest BCUT2D eigenvalue weighted by atomic mass is 32.2. The molecule has 2 aliphatic heterocycles. The molecule has 0 aromatic rings. The third kappa shape index (κ3) is 15.3. The van der Waals surface area contributed by atoms with Crippen molar-refractivity contribution in [1.82, 2.24) is 25.0 Å². The number of nitrogens with zero attached hydrogens (tertiary/aromatic N) is 4. The van der Waals surface area contributed by atoms with Crippen LogP contribution < -0.4 is 23.0 Å². The third-order valence-corrected chi connectivity index (χ3v) is 6.45. The summed E-state index contributed by atoms with van der Waals surface area (Å²) in [5.41, 5.74) is 1.56. The highest BCUT2D eigenvalue weighted by Gasteiger charge is 2.27. The fourth-order valence-electron chi connectivity index (χ4n) is 3.04. The van der Waals surface area contributed by atoms with Gasteiger partial charge < -0.3 is 40.0 Å². The third-order valence-electron chi connectivity index (χ3n) is 4.71. The van der Waals surface area contributed by atoms with E-state index >= 15 is 0 Å². The van der Waals surface area contributed by atoms with Gasteiger partial charge in [0, 0.05) is 52.4 Å². The molecule has 0 aromatic carbocycles. The maximum absolute atomic E-state index is 11.8. The first-order chi connectivity index (χ1) is 16.7. The summed E-state index contributed by atoms with van der Waals surface area (Å²) in [5, 5.41) is 0.508. The summed E-state index contributed by atoms with van der Waals surface area (Å²) >= 11 is 11.8.